The number of hydrogen-bond acceptors (Lipinski definition) is 3. The van der Waals surface area contributed by atoms with Crippen LogP contribution in [0.3, 0.4) is 0 Å². The number of hydrogen-bond donors (Lipinski definition) is 1. The maximum atomic E-state index is 13.8. The Bertz CT molecular complexity index is 406. The Hall–Kier alpha value is -1.13. The van der Waals surface area contributed by atoms with Gasteiger partial charge in [0.2, 0.25) is 0 Å². The molecule has 1 aromatic rings. The Labute approximate surface area is 101 Å². The highest BCUT2D eigenvalue weighted by atomic mass is 19.1. The molecule has 0 bridgehead atoms. The summed E-state index contributed by atoms with van der Waals surface area (Å²) in [4.78, 5) is 2.23. The van der Waals surface area contributed by atoms with E-state index in [1.807, 2.05) is 0 Å². The molecule has 0 aromatic heterocycles. The molecule has 2 N–H and O–H groups in total. The molecule has 1 heterocycles. The van der Waals surface area contributed by atoms with Gasteiger partial charge in [0.1, 0.15) is 0 Å². The number of nitrogens with zero attached hydrogens (tertiary/aromatic N) is 1. The molecule has 1 aromatic carbocycles. The van der Waals surface area contributed by atoms with Crippen LogP contribution in [0.4, 0.5) is 10.1 Å². The normalized spacial score (nSPS) is 20.4. The summed E-state index contributed by atoms with van der Waals surface area (Å²) in [6.45, 7) is 6.99. The SMILES string of the molecule is CC1(C)COCCN1Cc1cccc(N)c1F. The molecule has 0 saturated carbocycles. The lowest BCUT2D eigenvalue weighted by Crippen LogP contribution is -2.52. The van der Waals surface area contributed by atoms with Gasteiger partial charge < -0.3 is 10.5 Å². The third-order valence-electron chi connectivity index (χ3n) is 3.29. The zero-order valence-corrected chi connectivity index (χ0v) is 10.4. The summed E-state index contributed by atoms with van der Waals surface area (Å²) in [7, 11) is 0. The Morgan fingerprint density at radius 3 is 2.94 bits per heavy atom. The first-order chi connectivity index (χ1) is 8.00. The highest BCUT2D eigenvalue weighted by Crippen LogP contribution is 2.24. The minimum atomic E-state index is -0.296. The number of anilines is 1. The van der Waals surface area contributed by atoms with Crippen LogP contribution in [0.15, 0.2) is 18.2 Å². The summed E-state index contributed by atoms with van der Waals surface area (Å²) in [6.07, 6.45) is 0. The molecule has 1 aliphatic rings. The van der Waals surface area contributed by atoms with Crippen LogP contribution in [0.5, 0.6) is 0 Å². The van der Waals surface area contributed by atoms with E-state index in [2.05, 4.69) is 18.7 Å². The van der Waals surface area contributed by atoms with Gasteiger partial charge in [0.05, 0.1) is 18.9 Å². The average molecular weight is 238 g/mol. The van der Waals surface area contributed by atoms with Gasteiger partial charge in [-0.2, -0.15) is 0 Å². The van der Waals surface area contributed by atoms with Crippen LogP contribution >= 0.6 is 0 Å². The summed E-state index contributed by atoms with van der Waals surface area (Å²) in [5.41, 5.74) is 6.38. The van der Waals surface area contributed by atoms with E-state index in [0.29, 0.717) is 25.3 Å². The first kappa shape index (κ1) is 12.3. The van der Waals surface area contributed by atoms with Gasteiger partial charge in [-0.1, -0.05) is 12.1 Å². The second-order valence-electron chi connectivity index (χ2n) is 5.11. The molecule has 0 amide bonds. The fourth-order valence-electron chi connectivity index (χ4n) is 2.11. The number of benzene rings is 1. The summed E-state index contributed by atoms with van der Waals surface area (Å²) in [5.74, 6) is -0.296. The average Bonchev–Trinajstić information content (AvgIpc) is 2.27. The fourth-order valence-corrected chi connectivity index (χ4v) is 2.11. The van der Waals surface area contributed by atoms with E-state index >= 15 is 0 Å². The van der Waals surface area contributed by atoms with Crippen molar-refractivity contribution in [3.05, 3.63) is 29.6 Å². The van der Waals surface area contributed by atoms with Gasteiger partial charge in [-0.3, -0.25) is 4.90 Å². The first-order valence-electron chi connectivity index (χ1n) is 5.86. The molecule has 0 radical (unpaired) electrons. The number of nitrogen functional groups attached to an aromatic ring is 1. The predicted molar refractivity (Wildman–Crippen MR) is 66.1 cm³/mol. The monoisotopic (exact) mass is 238 g/mol. The van der Waals surface area contributed by atoms with Crippen molar-refractivity contribution in [2.24, 2.45) is 0 Å². The third-order valence-corrected chi connectivity index (χ3v) is 3.29. The second kappa shape index (κ2) is 4.63. The molecule has 0 atom stereocenters. The lowest BCUT2D eigenvalue weighted by Gasteiger charge is -2.42. The molecule has 0 spiro atoms. The van der Waals surface area contributed by atoms with Crippen molar-refractivity contribution in [3.8, 4) is 0 Å². The van der Waals surface area contributed by atoms with Gasteiger partial charge >= 0.3 is 0 Å². The lowest BCUT2D eigenvalue weighted by atomic mass is 10.0. The van der Waals surface area contributed by atoms with E-state index in [9.17, 15) is 4.39 Å². The molecular weight excluding hydrogens is 219 g/mol. The van der Waals surface area contributed by atoms with Crippen LogP contribution in [0.2, 0.25) is 0 Å². The Balaban J connectivity index is 2.17. The van der Waals surface area contributed by atoms with E-state index < -0.39 is 0 Å². The topological polar surface area (TPSA) is 38.5 Å². The van der Waals surface area contributed by atoms with Gasteiger partial charge in [0, 0.05) is 24.2 Å². The van der Waals surface area contributed by atoms with Crippen LogP contribution < -0.4 is 5.73 Å². The van der Waals surface area contributed by atoms with Crippen molar-refractivity contribution >= 4 is 5.69 Å². The van der Waals surface area contributed by atoms with Crippen molar-refractivity contribution in [1.82, 2.24) is 4.90 Å². The number of rotatable bonds is 2. The summed E-state index contributed by atoms with van der Waals surface area (Å²) in [5, 5.41) is 0. The molecular formula is C13H19FN2O. The molecule has 0 aliphatic carbocycles. The maximum absolute atomic E-state index is 13.8. The Morgan fingerprint density at radius 2 is 2.24 bits per heavy atom. The first-order valence-corrected chi connectivity index (χ1v) is 5.86. The Morgan fingerprint density at radius 1 is 1.47 bits per heavy atom. The van der Waals surface area contributed by atoms with Crippen LogP contribution in [-0.4, -0.2) is 30.2 Å². The van der Waals surface area contributed by atoms with E-state index in [4.69, 9.17) is 10.5 Å². The van der Waals surface area contributed by atoms with Gasteiger partial charge in [-0.15, -0.1) is 0 Å². The minimum absolute atomic E-state index is 0.0602. The maximum Gasteiger partial charge on any atom is 0.150 e. The predicted octanol–water partition coefficient (Wildman–Crippen LogP) is 2.02. The smallest absolute Gasteiger partial charge is 0.150 e. The number of ether oxygens (including phenoxy) is 1. The molecule has 1 aliphatic heterocycles. The van der Waals surface area contributed by atoms with Gasteiger partial charge in [0.15, 0.2) is 5.82 Å². The number of morpholine rings is 1. The van der Waals surface area contributed by atoms with E-state index in [-0.39, 0.29) is 17.0 Å². The van der Waals surface area contributed by atoms with E-state index in [1.165, 1.54) is 0 Å². The standard InChI is InChI=1S/C13H19FN2O/c1-13(2)9-17-7-6-16(13)8-10-4-3-5-11(15)12(10)14/h3-5H,6-9,15H2,1-2H3. The van der Waals surface area contributed by atoms with Crippen molar-refractivity contribution in [1.29, 1.82) is 0 Å². The zero-order valence-electron chi connectivity index (χ0n) is 10.4. The molecule has 2 rings (SSSR count). The summed E-state index contributed by atoms with van der Waals surface area (Å²) >= 11 is 0. The van der Waals surface area contributed by atoms with Crippen LogP contribution in [0.25, 0.3) is 0 Å². The molecule has 3 nitrogen and oxygen atoms in total. The van der Waals surface area contributed by atoms with Crippen molar-refractivity contribution in [2.45, 2.75) is 25.9 Å². The van der Waals surface area contributed by atoms with Crippen molar-refractivity contribution in [2.75, 3.05) is 25.5 Å². The summed E-state index contributed by atoms with van der Waals surface area (Å²) in [6, 6.07) is 5.17. The highest BCUT2D eigenvalue weighted by molar-refractivity contribution is 5.42. The number of nitrogens with two attached hydrogens (primary N) is 1. The molecule has 17 heavy (non-hydrogen) atoms. The molecule has 94 valence electrons. The van der Waals surface area contributed by atoms with Crippen LogP contribution in [0.1, 0.15) is 19.4 Å². The zero-order chi connectivity index (χ0) is 12.5. The molecule has 1 saturated heterocycles. The van der Waals surface area contributed by atoms with Crippen LogP contribution in [0, 0.1) is 5.82 Å². The largest absolute Gasteiger partial charge is 0.396 e. The Kier molecular flexibility index (Phi) is 3.35. The van der Waals surface area contributed by atoms with Gasteiger partial charge in [-0.05, 0) is 19.9 Å². The quantitative estimate of drug-likeness (QED) is 0.801. The highest BCUT2D eigenvalue weighted by Gasteiger charge is 2.30. The fraction of sp³-hybridized carbons (Fsp3) is 0.538. The lowest BCUT2D eigenvalue weighted by molar-refractivity contribution is -0.0556. The van der Waals surface area contributed by atoms with Crippen molar-refractivity contribution in [3.63, 3.8) is 0 Å². The minimum Gasteiger partial charge on any atom is -0.396 e. The molecule has 0 unspecified atom stereocenters. The third kappa shape index (κ3) is 2.58. The van der Waals surface area contributed by atoms with Gasteiger partial charge in [-0.25, -0.2) is 4.39 Å². The van der Waals surface area contributed by atoms with Crippen molar-refractivity contribution < 1.29 is 9.13 Å². The van der Waals surface area contributed by atoms with Crippen LogP contribution in [-0.2, 0) is 11.3 Å². The summed E-state index contributed by atoms with van der Waals surface area (Å²) < 4.78 is 19.3. The number of halogens is 1. The van der Waals surface area contributed by atoms with Gasteiger partial charge in [0.25, 0.3) is 0 Å². The molecule has 1 fully saturated rings. The van der Waals surface area contributed by atoms with E-state index in [0.717, 1.165) is 6.54 Å². The second-order valence-corrected chi connectivity index (χ2v) is 5.11. The van der Waals surface area contributed by atoms with E-state index in [1.54, 1.807) is 18.2 Å². The molecule has 4 heteroatoms.